The molecule has 1 saturated heterocycles. The molecule has 2 heterocycles. The van der Waals surface area contributed by atoms with Crippen molar-refractivity contribution in [1.29, 1.82) is 0 Å². The van der Waals surface area contributed by atoms with Crippen LogP contribution < -0.4 is 14.4 Å². The molecule has 3 aliphatic rings. The van der Waals surface area contributed by atoms with Gasteiger partial charge in [-0.1, -0.05) is 41.9 Å². The van der Waals surface area contributed by atoms with Gasteiger partial charge in [0.25, 0.3) is 0 Å². The lowest BCUT2D eigenvalue weighted by Crippen LogP contribution is -2.42. The highest BCUT2D eigenvalue weighted by Crippen LogP contribution is 2.54. The quantitative estimate of drug-likeness (QED) is 0.282. The number of rotatable bonds is 3. The number of anilines is 1. The maximum atomic E-state index is 13.9. The number of nitrogens with zero attached hydrogens (tertiary/aromatic N) is 1. The Balaban J connectivity index is 1.54. The lowest BCUT2D eigenvalue weighted by molar-refractivity contribution is -0.142. The van der Waals surface area contributed by atoms with Crippen LogP contribution >= 0.6 is 11.6 Å². The van der Waals surface area contributed by atoms with E-state index in [1.807, 2.05) is 55.5 Å². The molecule has 3 aromatic rings. The molecule has 0 aromatic heterocycles. The topological polar surface area (TPSA) is 72.9 Å². The first-order valence-electron chi connectivity index (χ1n) is 11.7. The van der Waals surface area contributed by atoms with Crippen LogP contribution in [0.25, 0.3) is 5.57 Å². The molecule has 2 aliphatic heterocycles. The maximum absolute atomic E-state index is 13.9. The molecule has 7 heteroatoms. The fourth-order valence-corrected chi connectivity index (χ4v) is 5.79. The van der Waals surface area contributed by atoms with Crippen molar-refractivity contribution >= 4 is 40.6 Å². The van der Waals surface area contributed by atoms with Gasteiger partial charge in [0, 0.05) is 16.5 Å². The lowest BCUT2D eigenvalue weighted by atomic mass is 9.64. The monoisotopic (exact) mass is 499 g/mol. The zero-order valence-corrected chi connectivity index (χ0v) is 20.4. The van der Waals surface area contributed by atoms with Gasteiger partial charge >= 0.3 is 5.97 Å². The molecule has 2 amide bonds. The molecule has 6 nitrogen and oxygen atoms in total. The Morgan fingerprint density at radius 2 is 1.58 bits per heavy atom. The van der Waals surface area contributed by atoms with Crippen LogP contribution in [0.4, 0.5) is 5.69 Å². The van der Waals surface area contributed by atoms with Gasteiger partial charge in [-0.05, 0) is 66.1 Å². The molecular formula is C29H22ClNO5. The average Bonchev–Trinajstić information content (AvgIpc) is 3.14. The third-order valence-electron chi connectivity index (χ3n) is 7.34. The van der Waals surface area contributed by atoms with Crippen LogP contribution in [0, 0.1) is 24.7 Å². The molecule has 3 aromatic carbocycles. The first-order valence-corrected chi connectivity index (χ1v) is 12.1. The summed E-state index contributed by atoms with van der Waals surface area (Å²) in [5, 5.41) is 0.498. The van der Waals surface area contributed by atoms with Crippen LogP contribution in [-0.4, -0.2) is 24.9 Å². The number of amides is 2. The number of carbonyl (C=O) groups excluding carboxylic acids is 3. The molecule has 180 valence electrons. The second-order valence-corrected chi connectivity index (χ2v) is 9.80. The number of carbonyl (C=O) groups is 3. The number of ether oxygens (including phenoxy) is 2. The Morgan fingerprint density at radius 3 is 2.28 bits per heavy atom. The minimum Gasteiger partial charge on any atom is -0.497 e. The fraction of sp³-hybridized carbons (Fsp3) is 0.207. The van der Waals surface area contributed by atoms with Gasteiger partial charge in [0.05, 0.1) is 30.6 Å². The van der Waals surface area contributed by atoms with Gasteiger partial charge in [0.2, 0.25) is 11.8 Å². The van der Waals surface area contributed by atoms with Crippen LogP contribution in [0.3, 0.4) is 0 Å². The zero-order valence-electron chi connectivity index (χ0n) is 19.6. The van der Waals surface area contributed by atoms with E-state index in [1.165, 1.54) is 4.90 Å². The van der Waals surface area contributed by atoms with E-state index in [4.69, 9.17) is 21.1 Å². The largest absolute Gasteiger partial charge is 0.497 e. The van der Waals surface area contributed by atoms with Gasteiger partial charge in [0.1, 0.15) is 11.5 Å². The molecular weight excluding hydrogens is 478 g/mol. The Bertz CT molecular complexity index is 1440. The first kappa shape index (κ1) is 22.6. The summed E-state index contributed by atoms with van der Waals surface area (Å²) in [6.45, 7) is 1.93. The Morgan fingerprint density at radius 1 is 0.889 bits per heavy atom. The Labute approximate surface area is 213 Å². The number of hydrogen-bond donors (Lipinski definition) is 0. The molecule has 6 rings (SSSR count). The van der Waals surface area contributed by atoms with Crippen LogP contribution in [0.2, 0.25) is 5.02 Å². The summed E-state index contributed by atoms with van der Waals surface area (Å²) in [7, 11) is 1.59. The Hall–Kier alpha value is -3.90. The molecule has 0 spiro atoms. The van der Waals surface area contributed by atoms with Crippen molar-refractivity contribution in [3.05, 3.63) is 94.5 Å². The van der Waals surface area contributed by atoms with E-state index in [1.54, 1.807) is 31.4 Å². The summed E-state index contributed by atoms with van der Waals surface area (Å²) < 4.78 is 11.0. The normalized spacial score (nSPS) is 24.5. The smallest absolute Gasteiger partial charge is 0.319 e. The highest BCUT2D eigenvalue weighted by Gasteiger charge is 2.60. The molecule has 4 atom stereocenters. The van der Waals surface area contributed by atoms with E-state index < -0.39 is 35.5 Å². The Kier molecular flexibility index (Phi) is 5.23. The van der Waals surface area contributed by atoms with Crippen LogP contribution in [0.15, 0.2) is 72.8 Å². The second kappa shape index (κ2) is 8.35. The van der Waals surface area contributed by atoms with Crippen molar-refractivity contribution in [3.8, 4) is 11.5 Å². The third-order valence-corrected chi connectivity index (χ3v) is 7.59. The number of aryl methyl sites for hydroxylation is 1. The van der Waals surface area contributed by atoms with Crippen molar-refractivity contribution in [1.82, 2.24) is 0 Å². The van der Waals surface area contributed by atoms with Crippen molar-refractivity contribution < 1.29 is 23.9 Å². The second-order valence-electron chi connectivity index (χ2n) is 9.36. The van der Waals surface area contributed by atoms with Gasteiger partial charge in [-0.15, -0.1) is 0 Å². The van der Waals surface area contributed by atoms with E-state index in [9.17, 15) is 14.4 Å². The molecule has 0 unspecified atom stereocenters. The summed E-state index contributed by atoms with van der Waals surface area (Å²) in [5.41, 5.74) is 3.75. The molecule has 36 heavy (non-hydrogen) atoms. The van der Waals surface area contributed by atoms with Crippen molar-refractivity contribution in [3.63, 3.8) is 0 Å². The number of esters is 1. The lowest BCUT2D eigenvalue weighted by Gasteiger charge is -2.38. The molecule has 0 bridgehead atoms. The van der Waals surface area contributed by atoms with E-state index in [2.05, 4.69) is 0 Å². The van der Waals surface area contributed by atoms with Gasteiger partial charge in [-0.2, -0.15) is 0 Å². The minimum atomic E-state index is -0.887. The SMILES string of the molecule is COc1ccc([C@@H]2C=C3c4ccc(C)cc4OC(=O)[C@@H]3[C@@H]3C(=O)N(c4ccc(Cl)cc4)C(=O)[C@@H]32)cc1. The number of hydrogen-bond acceptors (Lipinski definition) is 5. The van der Waals surface area contributed by atoms with Crippen molar-refractivity contribution in [2.75, 3.05) is 12.0 Å². The summed E-state index contributed by atoms with van der Waals surface area (Å²) >= 11 is 6.04. The third kappa shape index (κ3) is 3.36. The highest BCUT2D eigenvalue weighted by molar-refractivity contribution is 6.31. The molecule has 0 radical (unpaired) electrons. The molecule has 0 N–H and O–H groups in total. The number of imide groups is 1. The van der Waals surface area contributed by atoms with Gasteiger partial charge in [-0.25, -0.2) is 4.90 Å². The first-order chi connectivity index (χ1) is 17.4. The number of allylic oxidation sites excluding steroid dienone is 1. The number of halogens is 1. The van der Waals surface area contributed by atoms with Crippen LogP contribution in [-0.2, 0) is 14.4 Å². The number of methoxy groups -OCH3 is 1. The van der Waals surface area contributed by atoms with Crippen molar-refractivity contribution in [2.45, 2.75) is 12.8 Å². The number of benzene rings is 3. The summed E-state index contributed by atoms with van der Waals surface area (Å²) in [6.07, 6.45) is 1.97. The fourth-order valence-electron chi connectivity index (χ4n) is 5.66. The van der Waals surface area contributed by atoms with Crippen LogP contribution in [0.5, 0.6) is 11.5 Å². The molecule has 1 aliphatic carbocycles. The minimum absolute atomic E-state index is 0.342. The average molecular weight is 500 g/mol. The van der Waals surface area contributed by atoms with Crippen molar-refractivity contribution in [2.24, 2.45) is 17.8 Å². The number of fused-ring (bicyclic) bond motifs is 5. The zero-order chi connectivity index (χ0) is 25.1. The summed E-state index contributed by atoms with van der Waals surface area (Å²) in [4.78, 5) is 42.3. The van der Waals surface area contributed by atoms with E-state index in [-0.39, 0.29) is 5.91 Å². The summed E-state index contributed by atoms with van der Waals surface area (Å²) in [5.74, 6) is -3.02. The van der Waals surface area contributed by atoms with Gasteiger partial charge < -0.3 is 9.47 Å². The van der Waals surface area contributed by atoms with E-state index in [0.29, 0.717) is 22.2 Å². The molecule has 1 fully saturated rings. The highest BCUT2D eigenvalue weighted by atomic mass is 35.5. The van der Waals surface area contributed by atoms with Crippen LogP contribution in [0.1, 0.15) is 22.6 Å². The standard InChI is InChI=1S/C29H22ClNO5/c1-15-3-12-20-22-14-21(16-4-10-19(35-2)11-5-16)24-26(25(22)29(34)36-23(20)13-15)28(33)31(27(24)32)18-8-6-17(30)7-9-18/h3-14,21,24-26H,1-2H3/t21-,24+,25-,26+/m0/s1. The molecule has 0 saturated carbocycles. The van der Waals surface area contributed by atoms with E-state index >= 15 is 0 Å². The summed E-state index contributed by atoms with van der Waals surface area (Å²) in [6, 6.07) is 19.7. The van der Waals surface area contributed by atoms with Gasteiger partial charge in [0.15, 0.2) is 0 Å². The predicted molar refractivity (Wildman–Crippen MR) is 135 cm³/mol. The predicted octanol–water partition coefficient (Wildman–Crippen LogP) is 5.18. The van der Waals surface area contributed by atoms with E-state index in [0.717, 1.165) is 22.3 Å². The maximum Gasteiger partial charge on any atom is 0.319 e. The van der Waals surface area contributed by atoms with Gasteiger partial charge in [-0.3, -0.25) is 14.4 Å².